The van der Waals surface area contributed by atoms with E-state index in [1.165, 1.54) is 19.3 Å². The highest BCUT2D eigenvalue weighted by molar-refractivity contribution is 9.10. The third-order valence-electron chi connectivity index (χ3n) is 3.56. The van der Waals surface area contributed by atoms with Gasteiger partial charge in [-0.1, -0.05) is 6.42 Å². The van der Waals surface area contributed by atoms with E-state index in [0.29, 0.717) is 18.2 Å². The molecule has 19 heavy (non-hydrogen) atoms. The van der Waals surface area contributed by atoms with E-state index in [1.807, 2.05) is 0 Å². The molecule has 0 spiro atoms. The van der Waals surface area contributed by atoms with Gasteiger partial charge < -0.3 is 5.32 Å². The lowest BCUT2D eigenvalue weighted by Gasteiger charge is -2.32. The molecule has 1 aromatic heterocycles. The molecule has 5 heteroatoms. The Balaban J connectivity index is 1.81. The van der Waals surface area contributed by atoms with Gasteiger partial charge in [0, 0.05) is 18.8 Å². The second-order valence-corrected chi connectivity index (χ2v) is 5.84. The predicted molar refractivity (Wildman–Crippen MR) is 79.2 cm³/mol. The van der Waals surface area contributed by atoms with Gasteiger partial charge in [-0.25, -0.2) is 4.98 Å². The van der Waals surface area contributed by atoms with Crippen molar-refractivity contribution in [2.75, 3.05) is 19.6 Å². The number of amides is 1. The van der Waals surface area contributed by atoms with Crippen LogP contribution in [0.3, 0.4) is 0 Å². The largest absolute Gasteiger partial charge is 0.350 e. The minimum Gasteiger partial charge on any atom is -0.350 e. The Bertz CT molecular complexity index is 415. The summed E-state index contributed by atoms with van der Waals surface area (Å²) in [5.74, 6) is -0.0520. The number of pyridine rings is 1. The summed E-state index contributed by atoms with van der Waals surface area (Å²) in [6.45, 7) is 5.16. The van der Waals surface area contributed by atoms with E-state index in [0.717, 1.165) is 17.7 Å². The second kappa shape index (κ2) is 7.01. The Hall–Kier alpha value is -0.940. The van der Waals surface area contributed by atoms with Gasteiger partial charge in [0.2, 0.25) is 0 Å². The summed E-state index contributed by atoms with van der Waals surface area (Å²) in [5.41, 5.74) is 0.606. The molecule has 1 atom stereocenters. The third kappa shape index (κ3) is 4.28. The van der Waals surface area contributed by atoms with Gasteiger partial charge in [0.25, 0.3) is 5.91 Å². The highest BCUT2D eigenvalue weighted by Crippen LogP contribution is 2.11. The zero-order valence-electron chi connectivity index (χ0n) is 11.2. The van der Waals surface area contributed by atoms with E-state index in [1.54, 1.807) is 18.3 Å². The summed E-state index contributed by atoms with van der Waals surface area (Å²) in [6.07, 6.45) is 5.47. The van der Waals surface area contributed by atoms with Crippen molar-refractivity contribution in [3.8, 4) is 0 Å². The lowest BCUT2D eigenvalue weighted by Crippen LogP contribution is -2.44. The molecule has 1 saturated heterocycles. The van der Waals surface area contributed by atoms with Crippen LogP contribution in [0.5, 0.6) is 0 Å². The standard InChI is InChI=1S/C14H20BrN3O/c1-11(18-7-3-2-4-8-18)9-17-14(19)12-5-6-13(15)16-10-12/h5-6,10-11H,2-4,7-9H2,1H3,(H,17,19). The molecule has 1 aromatic rings. The van der Waals surface area contributed by atoms with Crippen LogP contribution in [0.1, 0.15) is 36.5 Å². The van der Waals surface area contributed by atoms with Crippen molar-refractivity contribution in [1.29, 1.82) is 0 Å². The Labute approximate surface area is 122 Å². The molecule has 1 fully saturated rings. The smallest absolute Gasteiger partial charge is 0.252 e. The van der Waals surface area contributed by atoms with Crippen LogP contribution < -0.4 is 5.32 Å². The zero-order valence-corrected chi connectivity index (χ0v) is 12.8. The second-order valence-electron chi connectivity index (χ2n) is 5.03. The monoisotopic (exact) mass is 325 g/mol. The van der Waals surface area contributed by atoms with Crippen LogP contribution in [-0.4, -0.2) is 41.5 Å². The Morgan fingerprint density at radius 2 is 2.16 bits per heavy atom. The van der Waals surface area contributed by atoms with Gasteiger partial charge in [-0.2, -0.15) is 0 Å². The van der Waals surface area contributed by atoms with E-state index >= 15 is 0 Å². The quantitative estimate of drug-likeness (QED) is 0.865. The van der Waals surface area contributed by atoms with Crippen molar-refractivity contribution in [2.45, 2.75) is 32.2 Å². The van der Waals surface area contributed by atoms with Crippen LogP contribution in [0.4, 0.5) is 0 Å². The summed E-state index contributed by atoms with van der Waals surface area (Å²) in [7, 11) is 0. The van der Waals surface area contributed by atoms with Gasteiger partial charge in [-0.15, -0.1) is 0 Å². The van der Waals surface area contributed by atoms with E-state index < -0.39 is 0 Å². The normalized spacial score (nSPS) is 18.0. The van der Waals surface area contributed by atoms with Crippen LogP contribution in [0.2, 0.25) is 0 Å². The first-order valence-corrected chi connectivity index (χ1v) is 7.60. The van der Waals surface area contributed by atoms with Crippen LogP contribution in [0, 0.1) is 0 Å². The molecule has 4 nitrogen and oxygen atoms in total. The van der Waals surface area contributed by atoms with E-state index in [2.05, 4.69) is 38.1 Å². The number of hydrogen-bond donors (Lipinski definition) is 1. The summed E-state index contributed by atoms with van der Waals surface area (Å²) in [4.78, 5) is 18.5. The number of nitrogens with one attached hydrogen (secondary N) is 1. The van der Waals surface area contributed by atoms with Gasteiger partial charge in [-0.05, 0) is 60.9 Å². The first-order valence-electron chi connectivity index (χ1n) is 6.80. The fraction of sp³-hybridized carbons (Fsp3) is 0.571. The van der Waals surface area contributed by atoms with Crippen molar-refractivity contribution in [2.24, 2.45) is 0 Å². The zero-order chi connectivity index (χ0) is 13.7. The van der Waals surface area contributed by atoms with Crippen molar-refractivity contribution in [3.63, 3.8) is 0 Å². The lowest BCUT2D eigenvalue weighted by atomic mass is 10.1. The molecule has 0 saturated carbocycles. The molecule has 1 aliphatic rings. The molecule has 1 N–H and O–H groups in total. The van der Waals surface area contributed by atoms with Gasteiger partial charge in [0.05, 0.1) is 5.56 Å². The van der Waals surface area contributed by atoms with Crippen molar-refractivity contribution in [1.82, 2.24) is 15.2 Å². The molecule has 2 heterocycles. The number of likely N-dealkylation sites (tertiary alicyclic amines) is 1. The van der Waals surface area contributed by atoms with Crippen molar-refractivity contribution >= 4 is 21.8 Å². The van der Waals surface area contributed by atoms with Crippen LogP contribution >= 0.6 is 15.9 Å². The molecule has 2 rings (SSSR count). The number of aromatic nitrogens is 1. The summed E-state index contributed by atoms with van der Waals surface area (Å²) < 4.78 is 0.741. The van der Waals surface area contributed by atoms with Crippen LogP contribution in [-0.2, 0) is 0 Å². The summed E-state index contributed by atoms with van der Waals surface area (Å²) in [6, 6.07) is 3.95. The first kappa shape index (κ1) is 14.5. The molecule has 104 valence electrons. The topological polar surface area (TPSA) is 45.2 Å². The molecule has 1 unspecified atom stereocenters. The fourth-order valence-corrected chi connectivity index (χ4v) is 2.58. The SMILES string of the molecule is CC(CNC(=O)c1ccc(Br)nc1)N1CCCCC1. The summed E-state index contributed by atoms with van der Waals surface area (Å²) in [5, 5.41) is 2.98. The molecular formula is C14H20BrN3O. The minimum absolute atomic E-state index is 0.0520. The highest BCUT2D eigenvalue weighted by Gasteiger charge is 2.17. The number of piperidine rings is 1. The maximum absolute atomic E-state index is 12.0. The van der Waals surface area contributed by atoms with Crippen molar-refractivity contribution < 1.29 is 4.79 Å². The average molecular weight is 326 g/mol. The van der Waals surface area contributed by atoms with Gasteiger partial charge in [0.1, 0.15) is 4.60 Å². The van der Waals surface area contributed by atoms with Gasteiger partial charge >= 0.3 is 0 Å². The number of nitrogens with zero attached hydrogens (tertiary/aromatic N) is 2. The third-order valence-corrected chi connectivity index (χ3v) is 4.03. The lowest BCUT2D eigenvalue weighted by molar-refractivity contribution is 0.0929. The maximum atomic E-state index is 12.0. The molecule has 0 radical (unpaired) electrons. The molecule has 0 aromatic carbocycles. The molecule has 1 aliphatic heterocycles. The molecule has 1 amide bonds. The number of carbonyl (C=O) groups is 1. The number of halogens is 1. The van der Waals surface area contributed by atoms with Crippen molar-refractivity contribution in [3.05, 3.63) is 28.5 Å². The van der Waals surface area contributed by atoms with Gasteiger partial charge in [-0.3, -0.25) is 9.69 Å². The maximum Gasteiger partial charge on any atom is 0.252 e. The summed E-state index contributed by atoms with van der Waals surface area (Å²) >= 11 is 3.26. The number of carbonyl (C=O) groups excluding carboxylic acids is 1. The Morgan fingerprint density at radius 1 is 1.42 bits per heavy atom. The van der Waals surface area contributed by atoms with Gasteiger partial charge in [0.15, 0.2) is 0 Å². The van der Waals surface area contributed by atoms with E-state index in [4.69, 9.17) is 0 Å². The van der Waals surface area contributed by atoms with E-state index in [-0.39, 0.29) is 5.91 Å². The molecular weight excluding hydrogens is 306 g/mol. The molecule has 0 aliphatic carbocycles. The molecule has 0 bridgehead atoms. The Morgan fingerprint density at radius 3 is 2.79 bits per heavy atom. The van der Waals surface area contributed by atoms with E-state index in [9.17, 15) is 4.79 Å². The number of rotatable bonds is 4. The predicted octanol–water partition coefficient (Wildman–Crippen LogP) is 2.45. The number of hydrogen-bond acceptors (Lipinski definition) is 3. The highest BCUT2D eigenvalue weighted by atomic mass is 79.9. The Kier molecular flexibility index (Phi) is 5.34. The van der Waals surface area contributed by atoms with Crippen LogP contribution in [0.25, 0.3) is 0 Å². The average Bonchev–Trinajstić information content (AvgIpc) is 2.46. The fourth-order valence-electron chi connectivity index (χ4n) is 2.34. The van der Waals surface area contributed by atoms with Crippen LogP contribution in [0.15, 0.2) is 22.9 Å². The first-order chi connectivity index (χ1) is 9.16. The minimum atomic E-state index is -0.0520.